The Morgan fingerprint density at radius 1 is 1.24 bits per heavy atom. The van der Waals surface area contributed by atoms with E-state index in [9.17, 15) is 4.79 Å². The molecule has 0 bridgehead atoms. The summed E-state index contributed by atoms with van der Waals surface area (Å²) in [4.78, 5) is 22.9. The van der Waals surface area contributed by atoms with Gasteiger partial charge in [-0.15, -0.1) is 11.3 Å². The first-order chi connectivity index (χ1) is 13.7. The van der Waals surface area contributed by atoms with Crippen LogP contribution < -0.4 is 15.0 Å². The Balaban J connectivity index is 1.82. The maximum Gasteiger partial charge on any atom is 0.260 e. The number of aromatic nitrogens is 2. The summed E-state index contributed by atoms with van der Waals surface area (Å²) in [6, 6.07) is 3.71. The van der Waals surface area contributed by atoms with E-state index < -0.39 is 0 Å². The van der Waals surface area contributed by atoms with Gasteiger partial charge in [0.05, 0.1) is 24.1 Å². The van der Waals surface area contributed by atoms with E-state index in [1.807, 2.05) is 12.1 Å². The van der Waals surface area contributed by atoms with E-state index >= 15 is 0 Å². The minimum atomic E-state index is -0.0670. The molecule has 1 aromatic carbocycles. The maximum absolute atomic E-state index is 13.0. The zero-order valence-electron chi connectivity index (χ0n) is 17.3. The average Bonchev–Trinajstić information content (AvgIpc) is 3.04. The van der Waals surface area contributed by atoms with Crippen LogP contribution in [-0.4, -0.2) is 24.2 Å². The smallest absolute Gasteiger partial charge is 0.260 e. The Bertz CT molecular complexity index is 1140. The number of fused-ring (bicyclic) bond motifs is 3. The Hall–Kier alpha value is -1.86. The number of methoxy groups -OCH3 is 2. The Morgan fingerprint density at radius 3 is 2.66 bits per heavy atom. The summed E-state index contributed by atoms with van der Waals surface area (Å²) in [5, 5.41) is 0.764. The van der Waals surface area contributed by atoms with Crippen molar-refractivity contribution in [2.24, 2.45) is 11.3 Å². The van der Waals surface area contributed by atoms with Crippen molar-refractivity contribution in [3.05, 3.63) is 37.4 Å². The zero-order valence-corrected chi connectivity index (χ0v) is 19.7. The lowest BCUT2D eigenvalue weighted by molar-refractivity contribution is 0.218. The predicted molar refractivity (Wildman–Crippen MR) is 121 cm³/mol. The first kappa shape index (κ1) is 20.4. The molecule has 0 saturated carbocycles. The fourth-order valence-corrected chi connectivity index (χ4v) is 6.02. The minimum absolute atomic E-state index is 0.0670. The van der Waals surface area contributed by atoms with Gasteiger partial charge < -0.3 is 14.5 Å². The summed E-state index contributed by atoms with van der Waals surface area (Å²) in [5.41, 5.74) is 2.17. The van der Waals surface area contributed by atoms with Crippen LogP contribution in [0.2, 0.25) is 0 Å². The highest BCUT2D eigenvalue weighted by Gasteiger charge is 2.31. The third-order valence-electron chi connectivity index (χ3n) is 5.85. The Kier molecular flexibility index (Phi) is 5.23. The van der Waals surface area contributed by atoms with E-state index in [0.717, 1.165) is 39.5 Å². The number of H-pyrrole nitrogens is 1. The monoisotopic (exact) mass is 476 g/mol. The fourth-order valence-electron chi connectivity index (χ4n) is 4.11. The molecule has 0 spiro atoms. The highest BCUT2D eigenvalue weighted by Crippen LogP contribution is 2.43. The number of benzene rings is 1. The lowest BCUT2D eigenvalue weighted by Crippen LogP contribution is -2.26. The average molecular weight is 477 g/mol. The predicted octanol–water partition coefficient (Wildman–Crippen LogP) is 5.58. The van der Waals surface area contributed by atoms with Crippen LogP contribution in [0.4, 0.5) is 0 Å². The fraction of sp³-hybridized carbons (Fsp3) is 0.455. The standard InChI is InChI=1S/C22H25BrN2O3S/c1-22(2,3)12-6-7-13-16(10-12)29-21-17(13)20(26)24-19(25-21)11-8-14(23)18(28-5)15(9-11)27-4/h8-9,12H,6-7,10H2,1-5H3,(H,24,25,26). The van der Waals surface area contributed by atoms with Crippen LogP contribution in [0.5, 0.6) is 11.5 Å². The number of thiophene rings is 1. The van der Waals surface area contributed by atoms with Crippen LogP contribution in [0.25, 0.3) is 21.6 Å². The lowest BCUT2D eigenvalue weighted by atomic mass is 9.72. The van der Waals surface area contributed by atoms with Crippen LogP contribution in [0.1, 0.15) is 37.6 Å². The lowest BCUT2D eigenvalue weighted by Gasteiger charge is -2.33. The highest BCUT2D eigenvalue weighted by molar-refractivity contribution is 9.10. The van der Waals surface area contributed by atoms with Gasteiger partial charge in [-0.3, -0.25) is 4.79 Å². The molecular weight excluding hydrogens is 452 g/mol. The maximum atomic E-state index is 13.0. The van der Waals surface area contributed by atoms with Crippen molar-refractivity contribution in [3.63, 3.8) is 0 Å². The molecule has 1 atom stereocenters. The van der Waals surface area contributed by atoms with Crippen molar-refractivity contribution < 1.29 is 9.47 Å². The molecule has 3 aromatic rings. The number of rotatable bonds is 3. The minimum Gasteiger partial charge on any atom is -0.493 e. The first-order valence-corrected chi connectivity index (χ1v) is 11.3. The van der Waals surface area contributed by atoms with Gasteiger partial charge in [-0.1, -0.05) is 20.8 Å². The molecule has 2 aromatic heterocycles. The van der Waals surface area contributed by atoms with Crippen molar-refractivity contribution >= 4 is 37.5 Å². The van der Waals surface area contributed by atoms with E-state index in [0.29, 0.717) is 23.2 Å². The summed E-state index contributed by atoms with van der Waals surface area (Å²) in [6.45, 7) is 6.90. The molecule has 1 unspecified atom stereocenters. The van der Waals surface area contributed by atoms with E-state index in [4.69, 9.17) is 14.5 Å². The van der Waals surface area contributed by atoms with Crippen LogP contribution >= 0.6 is 27.3 Å². The Labute approximate surface area is 182 Å². The molecule has 0 amide bonds. The topological polar surface area (TPSA) is 64.2 Å². The molecule has 0 aliphatic heterocycles. The van der Waals surface area contributed by atoms with Crippen molar-refractivity contribution in [1.82, 2.24) is 9.97 Å². The zero-order chi connectivity index (χ0) is 20.9. The molecule has 4 rings (SSSR count). The van der Waals surface area contributed by atoms with Gasteiger partial charge in [0, 0.05) is 10.4 Å². The first-order valence-electron chi connectivity index (χ1n) is 9.69. The number of aromatic amines is 1. The molecule has 5 nitrogen and oxygen atoms in total. The number of nitrogens with zero attached hydrogens (tertiary/aromatic N) is 1. The van der Waals surface area contributed by atoms with Crippen molar-refractivity contribution in [2.45, 2.75) is 40.0 Å². The van der Waals surface area contributed by atoms with Crippen molar-refractivity contribution in [2.75, 3.05) is 14.2 Å². The normalized spacial score (nSPS) is 16.7. The number of halogens is 1. The van der Waals surface area contributed by atoms with Gasteiger partial charge in [0.1, 0.15) is 10.7 Å². The van der Waals surface area contributed by atoms with E-state index in [1.165, 1.54) is 10.4 Å². The second kappa shape index (κ2) is 7.43. The van der Waals surface area contributed by atoms with Crippen LogP contribution in [0.3, 0.4) is 0 Å². The van der Waals surface area contributed by atoms with Crippen molar-refractivity contribution in [1.29, 1.82) is 0 Å². The molecule has 154 valence electrons. The molecule has 1 aliphatic carbocycles. The van der Waals surface area contributed by atoms with Gasteiger partial charge in [0.25, 0.3) is 5.56 Å². The number of aryl methyl sites for hydroxylation is 1. The third kappa shape index (κ3) is 3.59. The largest absolute Gasteiger partial charge is 0.493 e. The number of hydrogen-bond acceptors (Lipinski definition) is 5. The second-order valence-electron chi connectivity index (χ2n) is 8.60. The third-order valence-corrected chi connectivity index (χ3v) is 7.59. The molecule has 0 saturated heterocycles. The quantitative estimate of drug-likeness (QED) is 0.535. The highest BCUT2D eigenvalue weighted by atomic mass is 79.9. The van der Waals surface area contributed by atoms with Crippen LogP contribution in [0.15, 0.2) is 21.4 Å². The van der Waals surface area contributed by atoms with Gasteiger partial charge in [-0.05, 0) is 64.2 Å². The van der Waals surface area contributed by atoms with Crippen LogP contribution in [0, 0.1) is 11.3 Å². The van der Waals surface area contributed by atoms with Gasteiger partial charge in [-0.2, -0.15) is 0 Å². The summed E-state index contributed by atoms with van der Waals surface area (Å²) in [5.74, 6) is 2.36. The summed E-state index contributed by atoms with van der Waals surface area (Å²) in [6.07, 6.45) is 3.09. The molecule has 0 radical (unpaired) electrons. The molecular formula is C22H25BrN2O3S. The van der Waals surface area contributed by atoms with Crippen molar-refractivity contribution in [3.8, 4) is 22.9 Å². The van der Waals surface area contributed by atoms with E-state index in [1.54, 1.807) is 25.6 Å². The van der Waals surface area contributed by atoms with Gasteiger partial charge in [0.15, 0.2) is 11.5 Å². The summed E-state index contributed by atoms with van der Waals surface area (Å²) < 4.78 is 11.6. The Morgan fingerprint density at radius 2 is 2.00 bits per heavy atom. The second-order valence-corrected chi connectivity index (χ2v) is 10.5. The van der Waals surface area contributed by atoms with Crippen LogP contribution in [-0.2, 0) is 12.8 Å². The van der Waals surface area contributed by atoms with Gasteiger partial charge in [0.2, 0.25) is 0 Å². The number of ether oxygens (including phenoxy) is 2. The van der Waals surface area contributed by atoms with Gasteiger partial charge >= 0.3 is 0 Å². The van der Waals surface area contributed by atoms with E-state index in [-0.39, 0.29) is 11.0 Å². The molecule has 2 heterocycles. The van der Waals surface area contributed by atoms with Gasteiger partial charge in [-0.25, -0.2) is 4.98 Å². The SMILES string of the molecule is COc1cc(-c2nc3sc4c(c3c(=O)[nH]2)CCC(C(C)(C)C)C4)cc(Br)c1OC. The number of hydrogen-bond donors (Lipinski definition) is 1. The molecule has 1 aliphatic rings. The molecule has 0 fully saturated rings. The number of nitrogens with one attached hydrogen (secondary N) is 1. The molecule has 29 heavy (non-hydrogen) atoms. The summed E-state index contributed by atoms with van der Waals surface area (Å²) in [7, 11) is 3.18. The van der Waals surface area contributed by atoms with E-state index in [2.05, 4.69) is 41.7 Å². The molecule has 7 heteroatoms. The summed E-state index contributed by atoms with van der Waals surface area (Å²) >= 11 is 5.18. The molecule has 1 N–H and O–H groups in total.